The highest BCUT2D eigenvalue weighted by molar-refractivity contribution is 5.66. The van der Waals surface area contributed by atoms with Gasteiger partial charge in [0.25, 0.3) is 0 Å². The highest BCUT2D eigenvalue weighted by atomic mass is 16.4. The number of aromatic nitrogens is 2. The molecule has 0 saturated carbocycles. The molecule has 0 fully saturated rings. The molecular weight excluding hydrogens is 194 g/mol. The monoisotopic (exact) mass is 209 g/mol. The Morgan fingerprint density at radius 2 is 2.33 bits per heavy atom. The van der Waals surface area contributed by atoms with Gasteiger partial charge in [-0.3, -0.25) is 4.79 Å². The number of aliphatic carboxylic acids is 1. The second kappa shape index (κ2) is 5.29. The van der Waals surface area contributed by atoms with Crippen LogP contribution in [-0.2, 0) is 4.79 Å². The van der Waals surface area contributed by atoms with Gasteiger partial charge in [0.15, 0.2) is 0 Å². The summed E-state index contributed by atoms with van der Waals surface area (Å²) < 4.78 is 0. The molecule has 1 N–H and O–H groups in total. The number of hydrogen-bond acceptors (Lipinski definition) is 4. The summed E-state index contributed by atoms with van der Waals surface area (Å²) in [6.45, 7) is 2.55. The van der Waals surface area contributed by atoms with E-state index in [4.69, 9.17) is 5.11 Å². The minimum Gasteiger partial charge on any atom is -0.481 e. The quantitative estimate of drug-likeness (QED) is 0.786. The fourth-order valence-electron chi connectivity index (χ4n) is 1.19. The second-order valence-corrected chi connectivity index (χ2v) is 3.42. The molecule has 0 bridgehead atoms. The Hall–Kier alpha value is -1.65. The van der Waals surface area contributed by atoms with Crippen molar-refractivity contribution in [1.29, 1.82) is 0 Å². The Kier molecular flexibility index (Phi) is 4.03. The van der Waals surface area contributed by atoms with E-state index in [0.717, 1.165) is 5.69 Å². The highest BCUT2D eigenvalue weighted by Crippen LogP contribution is 2.05. The summed E-state index contributed by atoms with van der Waals surface area (Å²) in [6, 6.07) is 1.83. The lowest BCUT2D eigenvalue weighted by atomic mass is 10.3. The van der Waals surface area contributed by atoms with E-state index in [1.807, 2.05) is 24.9 Å². The van der Waals surface area contributed by atoms with Crippen LogP contribution in [0.3, 0.4) is 0 Å². The van der Waals surface area contributed by atoms with Crippen LogP contribution in [0.4, 0.5) is 5.95 Å². The molecule has 1 aromatic heterocycles. The molecule has 0 atom stereocenters. The zero-order valence-electron chi connectivity index (χ0n) is 8.97. The Morgan fingerprint density at radius 1 is 1.60 bits per heavy atom. The van der Waals surface area contributed by atoms with Gasteiger partial charge in [-0.2, -0.15) is 0 Å². The van der Waals surface area contributed by atoms with E-state index in [1.165, 1.54) is 0 Å². The van der Waals surface area contributed by atoms with Crippen molar-refractivity contribution in [3.8, 4) is 0 Å². The van der Waals surface area contributed by atoms with Crippen molar-refractivity contribution in [3.63, 3.8) is 0 Å². The number of anilines is 1. The molecule has 0 unspecified atom stereocenters. The van der Waals surface area contributed by atoms with Crippen LogP contribution >= 0.6 is 0 Å². The lowest BCUT2D eigenvalue weighted by molar-refractivity contribution is -0.137. The Morgan fingerprint density at radius 3 is 2.93 bits per heavy atom. The first-order valence-electron chi connectivity index (χ1n) is 4.82. The number of rotatable bonds is 5. The molecule has 1 rings (SSSR count). The smallest absolute Gasteiger partial charge is 0.303 e. The number of nitrogens with zero attached hydrogens (tertiary/aromatic N) is 3. The number of aryl methyl sites for hydroxylation is 1. The van der Waals surface area contributed by atoms with Crippen molar-refractivity contribution in [3.05, 3.63) is 18.0 Å². The molecule has 0 aliphatic heterocycles. The zero-order valence-corrected chi connectivity index (χ0v) is 8.97. The van der Waals surface area contributed by atoms with Crippen LogP contribution < -0.4 is 4.90 Å². The van der Waals surface area contributed by atoms with E-state index in [1.54, 1.807) is 6.20 Å². The van der Waals surface area contributed by atoms with Crippen molar-refractivity contribution in [2.24, 2.45) is 0 Å². The van der Waals surface area contributed by atoms with Gasteiger partial charge in [-0.25, -0.2) is 9.97 Å². The Labute approximate surface area is 88.8 Å². The second-order valence-electron chi connectivity index (χ2n) is 3.42. The van der Waals surface area contributed by atoms with Crippen molar-refractivity contribution in [2.45, 2.75) is 19.8 Å². The molecule has 0 aliphatic rings. The molecule has 0 amide bonds. The lowest BCUT2D eigenvalue weighted by Gasteiger charge is -2.16. The summed E-state index contributed by atoms with van der Waals surface area (Å²) >= 11 is 0. The average molecular weight is 209 g/mol. The Bertz CT molecular complexity index is 341. The number of hydrogen-bond donors (Lipinski definition) is 1. The SMILES string of the molecule is Cc1ccnc(N(C)CCCC(=O)O)n1. The third-order valence-electron chi connectivity index (χ3n) is 2.01. The van der Waals surface area contributed by atoms with Gasteiger partial charge in [0.2, 0.25) is 5.95 Å². The first-order chi connectivity index (χ1) is 7.09. The van der Waals surface area contributed by atoms with Crippen LogP contribution in [-0.4, -0.2) is 34.6 Å². The van der Waals surface area contributed by atoms with Crippen molar-refractivity contribution in [1.82, 2.24) is 9.97 Å². The summed E-state index contributed by atoms with van der Waals surface area (Å²) in [5.74, 6) is -0.131. The van der Waals surface area contributed by atoms with Gasteiger partial charge in [-0.1, -0.05) is 0 Å². The van der Waals surface area contributed by atoms with E-state index < -0.39 is 5.97 Å². The molecule has 1 aromatic rings. The third-order valence-corrected chi connectivity index (χ3v) is 2.01. The van der Waals surface area contributed by atoms with E-state index in [9.17, 15) is 4.79 Å². The maximum absolute atomic E-state index is 10.3. The Balaban J connectivity index is 2.46. The van der Waals surface area contributed by atoms with Gasteiger partial charge in [0.1, 0.15) is 0 Å². The summed E-state index contributed by atoms with van der Waals surface area (Å²) in [4.78, 5) is 20.5. The molecule has 0 aliphatic carbocycles. The summed E-state index contributed by atoms with van der Waals surface area (Å²) in [7, 11) is 1.86. The van der Waals surface area contributed by atoms with Crippen molar-refractivity contribution in [2.75, 3.05) is 18.5 Å². The molecule has 0 aromatic carbocycles. The topological polar surface area (TPSA) is 66.3 Å². The van der Waals surface area contributed by atoms with Gasteiger partial charge < -0.3 is 10.0 Å². The number of carbonyl (C=O) groups is 1. The normalized spacial score (nSPS) is 10.0. The van der Waals surface area contributed by atoms with Crippen LogP contribution in [0.25, 0.3) is 0 Å². The van der Waals surface area contributed by atoms with Gasteiger partial charge in [-0.05, 0) is 19.4 Å². The molecule has 82 valence electrons. The fraction of sp³-hybridized carbons (Fsp3) is 0.500. The molecule has 15 heavy (non-hydrogen) atoms. The molecule has 0 radical (unpaired) electrons. The molecule has 0 saturated heterocycles. The van der Waals surface area contributed by atoms with Crippen LogP contribution in [0.2, 0.25) is 0 Å². The predicted octanol–water partition coefficient (Wildman–Crippen LogP) is 1.09. The molecule has 1 heterocycles. The summed E-state index contributed by atoms with van der Waals surface area (Å²) in [5.41, 5.74) is 0.907. The van der Waals surface area contributed by atoms with E-state index in [0.29, 0.717) is 18.9 Å². The largest absolute Gasteiger partial charge is 0.481 e. The maximum atomic E-state index is 10.3. The predicted molar refractivity (Wildman–Crippen MR) is 56.9 cm³/mol. The standard InChI is InChI=1S/C10H15N3O2/c1-8-5-6-11-10(12-8)13(2)7-3-4-9(14)15/h5-6H,3-4,7H2,1-2H3,(H,14,15). The molecule has 0 spiro atoms. The average Bonchev–Trinajstić information content (AvgIpc) is 2.17. The maximum Gasteiger partial charge on any atom is 0.303 e. The first-order valence-corrected chi connectivity index (χ1v) is 4.82. The number of carboxylic acids is 1. The zero-order chi connectivity index (χ0) is 11.3. The minimum absolute atomic E-state index is 0.177. The molecule has 5 nitrogen and oxygen atoms in total. The highest BCUT2D eigenvalue weighted by Gasteiger charge is 2.04. The van der Waals surface area contributed by atoms with Crippen LogP contribution in [0.5, 0.6) is 0 Å². The van der Waals surface area contributed by atoms with Crippen molar-refractivity contribution >= 4 is 11.9 Å². The van der Waals surface area contributed by atoms with E-state index >= 15 is 0 Å². The van der Waals surface area contributed by atoms with Crippen LogP contribution in [0, 0.1) is 6.92 Å². The van der Waals surface area contributed by atoms with Gasteiger partial charge >= 0.3 is 5.97 Å². The van der Waals surface area contributed by atoms with E-state index in [-0.39, 0.29) is 6.42 Å². The minimum atomic E-state index is -0.770. The lowest BCUT2D eigenvalue weighted by Crippen LogP contribution is -2.21. The third kappa shape index (κ3) is 3.93. The molecule has 5 heteroatoms. The van der Waals surface area contributed by atoms with Gasteiger partial charge in [0.05, 0.1) is 0 Å². The first kappa shape index (κ1) is 11.4. The number of carboxylic acid groups (broad SMARTS) is 1. The fourth-order valence-corrected chi connectivity index (χ4v) is 1.19. The van der Waals surface area contributed by atoms with Crippen LogP contribution in [0.15, 0.2) is 12.3 Å². The van der Waals surface area contributed by atoms with Gasteiger partial charge in [-0.15, -0.1) is 0 Å². The van der Waals surface area contributed by atoms with Crippen LogP contribution in [0.1, 0.15) is 18.5 Å². The van der Waals surface area contributed by atoms with Gasteiger partial charge in [0, 0.05) is 31.9 Å². The van der Waals surface area contributed by atoms with Crippen molar-refractivity contribution < 1.29 is 9.90 Å². The summed E-state index contributed by atoms with van der Waals surface area (Å²) in [6.07, 6.45) is 2.48. The molecular formula is C10H15N3O2. The van der Waals surface area contributed by atoms with E-state index in [2.05, 4.69) is 9.97 Å². The summed E-state index contributed by atoms with van der Waals surface area (Å²) in [5, 5.41) is 8.49.